The molecule has 2 aromatic heterocycles. The number of hydrogen-bond acceptors (Lipinski definition) is 7. The molecule has 0 saturated carbocycles. The highest BCUT2D eigenvalue weighted by atomic mass is 19.4. The Hall–Kier alpha value is -4.28. The van der Waals surface area contributed by atoms with Crippen LogP contribution in [-0.4, -0.2) is 38.8 Å². The summed E-state index contributed by atoms with van der Waals surface area (Å²) in [5, 5.41) is 12.4. The molecule has 0 aliphatic carbocycles. The molecule has 0 spiro atoms. The number of rotatable bonds is 6. The van der Waals surface area contributed by atoms with Crippen molar-refractivity contribution >= 4 is 17.6 Å². The SMILES string of the molecule is Cc1cccc(-c2[nH]c(CNc3ccc(OC(F)(F)F)cc3)nc2C2=CN3N=CNC3C=C2)n1. The van der Waals surface area contributed by atoms with E-state index >= 15 is 0 Å². The highest BCUT2D eigenvalue weighted by molar-refractivity contribution is 5.82. The van der Waals surface area contributed by atoms with Gasteiger partial charge in [0.25, 0.3) is 0 Å². The molecular weight excluding hydrogens is 447 g/mol. The minimum Gasteiger partial charge on any atom is -0.406 e. The maximum absolute atomic E-state index is 12.4. The summed E-state index contributed by atoms with van der Waals surface area (Å²) in [6.45, 7) is 2.24. The van der Waals surface area contributed by atoms with E-state index in [1.165, 1.54) is 24.3 Å². The van der Waals surface area contributed by atoms with Gasteiger partial charge in [0.05, 0.1) is 23.6 Å². The number of hydrazone groups is 1. The monoisotopic (exact) mass is 467 g/mol. The van der Waals surface area contributed by atoms with Crippen molar-refractivity contribution in [1.82, 2.24) is 25.3 Å². The fourth-order valence-corrected chi connectivity index (χ4v) is 3.65. The van der Waals surface area contributed by atoms with Crippen LogP contribution in [0.25, 0.3) is 17.0 Å². The number of aromatic nitrogens is 3. The quantitative estimate of drug-likeness (QED) is 0.499. The number of alkyl halides is 3. The minimum atomic E-state index is -4.72. The molecule has 0 amide bonds. The van der Waals surface area contributed by atoms with Crippen LogP contribution in [0.4, 0.5) is 18.9 Å². The van der Waals surface area contributed by atoms with Gasteiger partial charge in [-0.3, -0.25) is 4.98 Å². The number of nitrogens with one attached hydrogen (secondary N) is 3. The first-order chi connectivity index (χ1) is 16.3. The lowest BCUT2D eigenvalue weighted by Gasteiger charge is -2.21. The van der Waals surface area contributed by atoms with Gasteiger partial charge in [0, 0.05) is 23.2 Å². The average molecular weight is 467 g/mol. The number of aromatic amines is 1. The third kappa shape index (κ3) is 4.72. The van der Waals surface area contributed by atoms with Crippen LogP contribution < -0.4 is 15.4 Å². The molecule has 2 aliphatic rings. The van der Waals surface area contributed by atoms with Gasteiger partial charge in [-0.25, -0.2) is 9.99 Å². The van der Waals surface area contributed by atoms with Gasteiger partial charge < -0.3 is 20.4 Å². The van der Waals surface area contributed by atoms with Crippen molar-refractivity contribution in [1.29, 1.82) is 0 Å². The summed E-state index contributed by atoms with van der Waals surface area (Å²) in [4.78, 5) is 12.8. The van der Waals surface area contributed by atoms with Crippen molar-refractivity contribution in [2.24, 2.45) is 5.10 Å². The highest BCUT2D eigenvalue weighted by Crippen LogP contribution is 2.30. The number of hydrogen-bond donors (Lipinski definition) is 3. The Bertz CT molecular complexity index is 1280. The second kappa shape index (κ2) is 8.58. The molecule has 1 atom stereocenters. The lowest BCUT2D eigenvalue weighted by molar-refractivity contribution is -0.274. The number of aryl methyl sites for hydroxylation is 1. The minimum absolute atomic E-state index is 0.0197. The fourth-order valence-electron chi connectivity index (χ4n) is 3.65. The molecule has 0 radical (unpaired) electrons. The van der Waals surface area contributed by atoms with Crippen LogP contribution in [0, 0.1) is 6.92 Å². The van der Waals surface area contributed by atoms with E-state index in [0.717, 1.165) is 28.3 Å². The standard InChI is InChI=1S/C23H20F3N7O/c1-14-3-2-4-18(30-14)22-21(15-5-10-20-28-13-29-33(20)12-15)31-19(32-22)11-27-16-6-8-17(9-7-16)34-23(24,25)26/h2-10,12-13,20,27H,11H2,1H3,(H,28,29)(H,31,32). The molecule has 0 bridgehead atoms. The normalized spacial score (nSPS) is 16.8. The van der Waals surface area contributed by atoms with E-state index in [1.54, 1.807) is 11.3 Å². The van der Waals surface area contributed by atoms with E-state index in [-0.39, 0.29) is 11.9 Å². The van der Waals surface area contributed by atoms with Crippen LogP contribution in [0.2, 0.25) is 0 Å². The Morgan fingerprint density at radius 3 is 2.71 bits per heavy atom. The van der Waals surface area contributed by atoms with Gasteiger partial charge in [-0.05, 0) is 49.4 Å². The first kappa shape index (κ1) is 21.6. The predicted octanol–water partition coefficient (Wildman–Crippen LogP) is 4.38. The first-order valence-corrected chi connectivity index (χ1v) is 10.4. The molecule has 11 heteroatoms. The van der Waals surface area contributed by atoms with Crippen molar-refractivity contribution in [3.05, 3.63) is 78.0 Å². The van der Waals surface area contributed by atoms with Crippen molar-refractivity contribution in [2.45, 2.75) is 26.0 Å². The number of allylic oxidation sites excluding steroid dienone is 2. The molecule has 0 saturated heterocycles. The van der Waals surface area contributed by atoms with Crippen molar-refractivity contribution in [2.75, 3.05) is 5.32 Å². The molecule has 3 N–H and O–H groups in total. The van der Waals surface area contributed by atoms with Gasteiger partial charge in [-0.15, -0.1) is 13.2 Å². The second-order valence-electron chi connectivity index (χ2n) is 7.68. The molecule has 5 rings (SSSR count). The van der Waals surface area contributed by atoms with Gasteiger partial charge in [0.15, 0.2) is 0 Å². The van der Waals surface area contributed by atoms with Gasteiger partial charge in [-0.1, -0.05) is 12.1 Å². The third-order valence-electron chi connectivity index (χ3n) is 5.17. The number of ether oxygens (including phenoxy) is 1. The topological polar surface area (TPSA) is 90.5 Å². The van der Waals surface area contributed by atoms with E-state index in [0.29, 0.717) is 18.1 Å². The number of fused-ring (bicyclic) bond motifs is 1. The zero-order valence-corrected chi connectivity index (χ0v) is 18.0. The van der Waals surface area contributed by atoms with E-state index in [1.807, 2.05) is 43.5 Å². The maximum Gasteiger partial charge on any atom is 0.573 e. The average Bonchev–Trinajstić information content (AvgIpc) is 3.44. The summed E-state index contributed by atoms with van der Waals surface area (Å²) < 4.78 is 41.0. The Morgan fingerprint density at radius 1 is 1.12 bits per heavy atom. The van der Waals surface area contributed by atoms with Gasteiger partial charge in [0.1, 0.15) is 24.1 Å². The number of pyridine rings is 1. The fraction of sp³-hybridized carbons (Fsp3) is 0.174. The number of H-pyrrole nitrogens is 1. The Balaban J connectivity index is 1.40. The summed E-state index contributed by atoms with van der Waals surface area (Å²) in [6.07, 6.45) is 2.78. The molecule has 2 aliphatic heterocycles. The summed E-state index contributed by atoms with van der Waals surface area (Å²) in [7, 11) is 0. The molecule has 4 heterocycles. The van der Waals surface area contributed by atoms with Crippen LogP contribution in [-0.2, 0) is 6.54 Å². The first-order valence-electron chi connectivity index (χ1n) is 10.4. The molecule has 1 unspecified atom stereocenters. The van der Waals surface area contributed by atoms with Crippen LogP contribution in [0.3, 0.4) is 0 Å². The Morgan fingerprint density at radius 2 is 1.94 bits per heavy atom. The summed E-state index contributed by atoms with van der Waals surface area (Å²) >= 11 is 0. The zero-order chi connectivity index (χ0) is 23.7. The van der Waals surface area contributed by atoms with Crippen molar-refractivity contribution in [3.8, 4) is 17.1 Å². The maximum atomic E-state index is 12.4. The lowest BCUT2D eigenvalue weighted by atomic mass is 10.1. The highest BCUT2D eigenvalue weighted by Gasteiger charge is 2.31. The summed E-state index contributed by atoms with van der Waals surface area (Å²) in [6, 6.07) is 11.3. The van der Waals surface area contributed by atoms with Gasteiger partial charge in [-0.2, -0.15) is 5.10 Å². The number of benzene rings is 1. The molecule has 1 aromatic carbocycles. The number of halogens is 3. The molecule has 8 nitrogen and oxygen atoms in total. The van der Waals surface area contributed by atoms with Crippen LogP contribution in [0.1, 0.15) is 17.2 Å². The van der Waals surface area contributed by atoms with E-state index in [4.69, 9.17) is 4.98 Å². The van der Waals surface area contributed by atoms with Crippen LogP contribution in [0.15, 0.2) is 65.9 Å². The molecule has 3 aromatic rings. The summed E-state index contributed by atoms with van der Waals surface area (Å²) in [5.41, 5.74) is 4.61. The number of anilines is 1. The number of imidazole rings is 1. The van der Waals surface area contributed by atoms with Gasteiger partial charge >= 0.3 is 6.36 Å². The van der Waals surface area contributed by atoms with E-state index in [9.17, 15) is 13.2 Å². The van der Waals surface area contributed by atoms with Crippen LogP contribution >= 0.6 is 0 Å². The molecule has 34 heavy (non-hydrogen) atoms. The Kier molecular flexibility index (Phi) is 5.44. The predicted molar refractivity (Wildman–Crippen MR) is 121 cm³/mol. The van der Waals surface area contributed by atoms with Crippen molar-refractivity contribution < 1.29 is 17.9 Å². The Labute approximate surface area is 192 Å². The molecule has 174 valence electrons. The smallest absolute Gasteiger partial charge is 0.406 e. The van der Waals surface area contributed by atoms with E-state index < -0.39 is 6.36 Å². The largest absolute Gasteiger partial charge is 0.573 e. The molecular formula is C23H20F3N7O. The third-order valence-corrected chi connectivity index (χ3v) is 5.17. The van der Waals surface area contributed by atoms with E-state index in [2.05, 4.69) is 30.4 Å². The van der Waals surface area contributed by atoms with Crippen molar-refractivity contribution in [3.63, 3.8) is 0 Å². The van der Waals surface area contributed by atoms with Gasteiger partial charge in [0.2, 0.25) is 0 Å². The molecule has 0 fully saturated rings. The summed E-state index contributed by atoms with van der Waals surface area (Å²) in [5.74, 6) is 0.364. The number of nitrogens with zero attached hydrogens (tertiary/aromatic N) is 4. The second-order valence-corrected chi connectivity index (χ2v) is 7.68. The lowest BCUT2D eigenvalue weighted by Crippen LogP contribution is -2.32. The van der Waals surface area contributed by atoms with Crippen LogP contribution in [0.5, 0.6) is 5.75 Å². The zero-order valence-electron chi connectivity index (χ0n) is 18.0.